The van der Waals surface area contributed by atoms with Gasteiger partial charge in [-0.1, -0.05) is 62.4 Å². The summed E-state index contributed by atoms with van der Waals surface area (Å²) in [4.78, 5) is 21.7. The third-order valence-corrected chi connectivity index (χ3v) is 8.89. The maximum Gasteiger partial charge on any atom is 0.242 e. The van der Waals surface area contributed by atoms with Gasteiger partial charge in [-0.05, 0) is 69.7 Å². The smallest absolute Gasteiger partial charge is 0.242 e. The fourth-order valence-corrected chi connectivity index (χ4v) is 5.98. The van der Waals surface area contributed by atoms with Gasteiger partial charge in [0.2, 0.25) is 15.9 Å². The number of sulfonamides is 1. The predicted molar refractivity (Wildman–Crippen MR) is 169 cm³/mol. The highest BCUT2D eigenvalue weighted by atomic mass is 32.2. The lowest BCUT2D eigenvalue weighted by molar-refractivity contribution is -0.121. The summed E-state index contributed by atoms with van der Waals surface area (Å²) < 4.78 is 30.5. The molecule has 1 saturated carbocycles. The number of aromatic nitrogens is 2. The standard InChI is InChI=1S/C15H14N2OS.C11H14O.C6H13NO2S/c1-10(2)18-15-14(13-8-5-9-19-13)16-11-6-3-4-7-12(11)17-15;1-9(2)11(12)8-10-6-4-3-5-7-10;1-5(2)7-10(8,9)6-3-4-6/h3-10H,1-2H3;3-7,9H,8H2,1-2H3;5-7H,3-4H2,1-2H3. The quantitative estimate of drug-likeness (QED) is 0.222. The summed E-state index contributed by atoms with van der Waals surface area (Å²) >= 11 is 1.64. The molecule has 2 aromatic carbocycles. The first-order valence-corrected chi connectivity index (χ1v) is 16.4. The zero-order chi connectivity index (χ0) is 30.0. The van der Waals surface area contributed by atoms with E-state index in [1.165, 1.54) is 0 Å². The highest BCUT2D eigenvalue weighted by Gasteiger charge is 2.35. The van der Waals surface area contributed by atoms with Crippen molar-refractivity contribution < 1.29 is 17.9 Å². The van der Waals surface area contributed by atoms with E-state index in [2.05, 4.69) is 9.71 Å². The normalized spacial score (nSPS) is 13.0. The van der Waals surface area contributed by atoms with E-state index in [1.54, 1.807) is 11.3 Å². The number of para-hydroxylation sites is 2. The average Bonchev–Trinajstić information content (AvgIpc) is 3.65. The Labute approximate surface area is 248 Å². The molecule has 0 atom stereocenters. The zero-order valence-electron chi connectivity index (χ0n) is 24.7. The van der Waals surface area contributed by atoms with Crippen molar-refractivity contribution in [2.75, 3.05) is 0 Å². The SMILES string of the molecule is CC(C)C(=O)Cc1ccccc1.CC(C)NS(=O)(=O)C1CC1.CC(C)Oc1nc2ccccc2nc1-c1cccs1. The first-order valence-electron chi connectivity index (χ1n) is 14.0. The Morgan fingerprint density at radius 2 is 1.51 bits per heavy atom. The van der Waals surface area contributed by atoms with Crippen LogP contribution in [0.5, 0.6) is 5.88 Å². The molecule has 220 valence electrons. The second kappa shape index (κ2) is 15.2. The van der Waals surface area contributed by atoms with E-state index in [0.29, 0.717) is 18.1 Å². The van der Waals surface area contributed by atoms with Crippen molar-refractivity contribution in [3.8, 4) is 16.5 Å². The number of ketones is 1. The van der Waals surface area contributed by atoms with Gasteiger partial charge in [-0.3, -0.25) is 4.79 Å². The Kier molecular flexibility index (Phi) is 12.0. The molecule has 2 heterocycles. The third kappa shape index (κ3) is 10.6. The van der Waals surface area contributed by atoms with Crippen molar-refractivity contribution in [1.29, 1.82) is 0 Å². The molecule has 41 heavy (non-hydrogen) atoms. The summed E-state index contributed by atoms with van der Waals surface area (Å²) in [5.41, 5.74) is 3.68. The van der Waals surface area contributed by atoms with Crippen LogP contribution in [0, 0.1) is 5.92 Å². The van der Waals surface area contributed by atoms with E-state index in [9.17, 15) is 13.2 Å². The van der Waals surface area contributed by atoms with Gasteiger partial charge in [0.15, 0.2) is 0 Å². The van der Waals surface area contributed by atoms with Crippen molar-refractivity contribution in [3.63, 3.8) is 0 Å². The van der Waals surface area contributed by atoms with Crippen molar-refractivity contribution in [2.45, 2.75) is 78.2 Å². The van der Waals surface area contributed by atoms with Gasteiger partial charge < -0.3 is 4.74 Å². The predicted octanol–water partition coefficient (Wildman–Crippen LogP) is 7.08. The fraction of sp³-hybridized carbons (Fsp3) is 0.406. The van der Waals surface area contributed by atoms with E-state index in [0.717, 1.165) is 40.0 Å². The average molecular weight is 596 g/mol. The summed E-state index contributed by atoms with van der Waals surface area (Å²) in [5, 5.41) is 1.95. The van der Waals surface area contributed by atoms with E-state index < -0.39 is 10.0 Å². The highest BCUT2D eigenvalue weighted by Crippen LogP contribution is 2.32. The molecule has 1 fully saturated rings. The molecule has 5 rings (SSSR count). The molecule has 1 aliphatic rings. The third-order valence-electron chi connectivity index (χ3n) is 5.87. The first kappa shape index (κ1) is 32.4. The summed E-state index contributed by atoms with van der Waals surface area (Å²) in [7, 11) is -2.94. The molecule has 4 aromatic rings. The summed E-state index contributed by atoms with van der Waals surface area (Å²) in [6, 6.07) is 21.8. The monoisotopic (exact) mass is 595 g/mol. The molecule has 0 amide bonds. The number of hydrogen-bond acceptors (Lipinski definition) is 7. The van der Waals surface area contributed by atoms with E-state index >= 15 is 0 Å². The molecule has 0 unspecified atom stereocenters. The summed E-state index contributed by atoms with van der Waals surface area (Å²) in [6.45, 7) is 11.5. The fourth-order valence-electron chi connectivity index (χ4n) is 3.67. The molecule has 0 spiro atoms. The molecule has 9 heteroatoms. The Bertz CT molecular complexity index is 1480. The van der Waals surface area contributed by atoms with Crippen LogP contribution in [-0.4, -0.2) is 41.6 Å². The highest BCUT2D eigenvalue weighted by molar-refractivity contribution is 7.90. The lowest BCUT2D eigenvalue weighted by atomic mass is 10.0. The van der Waals surface area contributed by atoms with Gasteiger partial charge in [0.1, 0.15) is 11.5 Å². The Morgan fingerprint density at radius 1 is 0.902 bits per heavy atom. The number of Topliss-reactive ketones (excluding diaryl/α,β-unsaturated/α-hetero) is 1. The summed E-state index contributed by atoms with van der Waals surface area (Å²) in [5.74, 6) is 1.06. The topological polar surface area (TPSA) is 98.2 Å². The Hall–Kier alpha value is -3.14. The van der Waals surface area contributed by atoms with Gasteiger partial charge in [-0.25, -0.2) is 23.1 Å². The minimum atomic E-state index is -2.94. The van der Waals surface area contributed by atoms with Crippen molar-refractivity contribution in [2.24, 2.45) is 5.92 Å². The van der Waals surface area contributed by atoms with Crippen LogP contribution in [0.4, 0.5) is 0 Å². The molecule has 0 radical (unpaired) electrons. The van der Waals surface area contributed by atoms with Crippen LogP contribution in [0.2, 0.25) is 0 Å². The molecule has 7 nitrogen and oxygen atoms in total. The lowest BCUT2D eigenvalue weighted by Gasteiger charge is -2.12. The number of thiophene rings is 1. The van der Waals surface area contributed by atoms with Crippen molar-refractivity contribution in [3.05, 3.63) is 77.7 Å². The lowest BCUT2D eigenvalue weighted by Crippen LogP contribution is -2.32. The molecule has 0 bridgehead atoms. The van der Waals surface area contributed by atoms with Gasteiger partial charge >= 0.3 is 0 Å². The van der Waals surface area contributed by atoms with Crippen LogP contribution in [-0.2, 0) is 21.2 Å². The van der Waals surface area contributed by atoms with E-state index in [1.807, 2.05) is 114 Å². The van der Waals surface area contributed by atoms with Gasteiger partial charge in [-0.15, -0.1) is 11.3 Å². The maximum atomic E-state index is 11.3. The molecule has 0 aliphatic heterocycles. The Morgan fingerprint density at radius 3 is 2.02 bits per heavy atom. The Balaban J connectivity index is 0.000000182. The van der Waals surface area contributed by atoms with Crippen LogP contribution in [0.1, 0.15) is 59.9 Å². The number of rotatable bonds is 9. The number of carbonyl (C=O) groups is 1. The van der Waals surface area contributed by atoms with Gasteiger partial charge in [0.25, 0.3) is 0 Å². The van der Waals surface area contributed by atoms with E-state index in [-0.39, 0.29) is 23.3 Å². The van der Waals surface area contributed by atoms with Crippen LogP contribution in [0.3, 0.4) is 0 Å². The van der Waals surface area contributed by atoms with Gasteiger partial charge in [0.05, 0.1) is 27.3 Å². The van der Waals surface area contributed by atoms with Crippen molar-refractivity contribution >= 4 is 38.2 Å². The minimum absolute atomic E-state index is 0.0330. The van der Waals surface area contributed by atoms with Crippen LogP contribution < -0.4 is 9.46 Å². The maximum absolute atomic E-state index is 11.3. The van der Waals surface area contributed by atoms with Gasteiger partial charge in [-0.2, -0.15) is 0 Å². The van der Waals surface area contributed by atoms with Gasteiger partial charge in [0, 0.05) is 18.4 Å². The number of hydrogen-bond donors (Lipinski definition) is 1. The van der Waals surface area contributed by atoms with Crippen LogP contribution in [0.25, 0.3) is 21.6 Å². The molecular formula is C32H41N3O4S2. The number of ether oxygens (including phenoxy) is 1. The molecular weight excluding hydrogens is 555 g/mol. The molecule has 1 N–H and O–H groups in total. The molecule has 0 saturated heterocycles. The first-order chi connectivity index (χ1) is 19.5. The largest absolute Gasteiger partial charge is 0.473 e. The number of carbonyl (C=O) groups excluding carboxylic acids is 1. The second-order valence-corrected chi connectivity index (χ2v) is 13.8. The summed E-state index contributed by atoms with van der Waals surface area (Å²) in [6.07, 6.45) is 2.32. The van der Waals surface area contributed by atoms with Crippen molar-refractivity contribution in [1.82, 2.24) is 14.7 Å². The number of nitrogens with one attached hydrogen (secondary N) is 1. The van der Waals surface area contributed by atoms with Crippen LogP contribution >= 0.6 is 11.3 Å². The second-order valence-electron chi connectivity index (χ2n) is 10.8. The van der Waals surface area contributed by atoms with E-state index in [4.69, 9.17) is 9.72 Å². The van der Waals surface area contributed by atoms with Crippen LogP contribution in [0.15, 0.2) is 72.1 Å². The number of nitrogens with zero attached hydrogens (tertiary/aromatic N) is 2. The minimum Gasteiger partial charge on any atom is -0.473 e. The molecule has 2 aromatic heterocycles. The molecule has 1 aliphatic carbocycles. The number of fused-ring (bicyclic) bond motifs is 1. The number of benzene rings is 2. The zero-order valence-corrected chi connectivity index (χ0v) is 26.3.